The van der Waals surface area contributed by atoms with E-state index in [4.69, 9.17) is 4.74 Å². The Morgan fingerprint density at radius 3 is 2.68 bits per heavy atom. The average molecular weight is 268 g/mol. The molecule has 0 unspecified atom stereocenters. The quantitative estimate of drug-likeness (QED) is 0.382. The number of aliphatic hydroxyl groups excluding tert-OH is 1. The van der Waals surface area contributed by atoms with Gasteiger partial charge in [0.2, 0.25) is 0 Å². The topological polar surface area (TPSA) is 72.8 Å². The van der Waals surface area contributed by atoms with Crippen LogP contribution in [0.3, 0.4) is 0 Å². The predicted molar refractivity (Wildman–Crippen MR) is 65.2 cm³/mol. The van der Waals surface area contributed by atoms with Gasteiger partial charge in [0.1, 0.15) is 17.3 Å². The molecule has 6 heteroatoms. The Labute approximate surface area is 109 Å². The maximum Gasteiger partial charge on any atom is 0.379 e. The fourth-order valence-electron chi connectivity index (χ4n) is 1.34. The second-order valence-corrected chi connectivity index (χ2v) is 3.46. The van der Waals surface area contributed by atoms with E-state index in [0.717, 1.165) is 12.1 Å². The van der Waals surface area contributed by atoms with E-state index in [1.807, 2.05) is 0 Å². The van der Waals surface area contributed by atoms with E-state index in [0.29, 0.717) is 6.08 Å². The third-order valence-corrected chi connectivity index (χ3v) is 2.18. The largest absolute Gasteiger partial charge is 0.507 e. The van der Waals surface area contributed by atoms with Crippen molar-refractivity contribution < 1.29 is 28.6 Å². The first-order chi connectivity index (χ1) is 8.99. The number of hydrogen-bond donors (Lipinski definition) is 1. The number of carbonyl (C=O) groups is 2. The van der Waals surface area contributed by atoms with Gasteiger partial charge >= 0.3 is 5.97 Å². The number of esters is 1. The molecular weight excluding hydrogens is 255 g/mol. The maximum absolute atomic E-state index is 13.1. The number of methoxy groups -OCH3 is 1. The van der Waals surface area contributed by atoms with Gasteiger partial charge in [0, 0.05) is 6.08 Å². The van der Waals surface area contributed by atoms with Crippen molar-refractivity contribution >= 4 is 17.5 Å². The van der Waals surface area contributed by atoms with Gasteiger partial charge in [-0.3, -0.25) is 4.79 Å². The van der Waals surface area contributed by atoms with Crippen molar-refractivity contribution in [3.63, 3.8) is 0 Å². The van der Waals surface area contributed by atoms with Crippen molar-refractivity contribution in [2.24, 2.45) is 0 Å². The monoisotopic (exact) mass is 268 g/mol. The highest BCUT2D eigenvalue weighted by Crippen LogP contribution is 2.25. The molecule has 1 rings (SSSR count). The molecule has 19 heavy (non-hydrogen) atoms. The highest BCUT2D eigenvalue weighted by molar-refractivity contribution is 6.39. The Bertz CT molecular complexity index is 522. The van der Waals surface area contributed by atoms with Crippen molar-refractivity contribution in [3.8, 4) is 5.75 Å². The van der Waals surface area contributed by atoms with E-state index in [9.17, 15) is 19.1 Å². The number of ether oxygens (including phenoxy) is 2. The van der Waals surface area contributed by atoms with Crippen LogP contribution in [0.2, 0.25) is 0 Å². The molecule has 1 N–H and O–H groups in total. The molecule has 0 atom stereocenters. The summed E-state index contributed by atoms with van der Waals surface area (Å²) in [5.74, 6) is -3.14. The summed E-state index contributed by atoms with van der Waals surface area (Å²) in [5, 5.41) is 9.73. The average Bonchev–Trinajstić information content (AvgIpc) is 2.38. The molecule has 5 nitrogen and oxygen atoms in total. The lowest BCUT2D eigenvalue weighted by Gasteiger charge is -2.07. The Morgan fingerprint density at radius 1 is 1.42 bits per heavy atom. The number of rotatable bonds is 5. The molecule has 1 aromatic carbocycles. The van der Waals surface area contributed by atoms with Gasteiger partial charge in [0.05, 0.1) is 19.3 Å². The molecule has 0 spiro atoms. The highest BCUT2D eigenvalue weighted by Gasteiger charge is 2.16. The lowest BCUT2D eigenvalue weighted by molar-refractivity contribution is -0.151. The minimum atomic E-state index is -1.09. The summed E-state index contributed by atoms with van der Waals surface area (Å²) in [5.41, 5.74) is -0.0276. The van der Waals surface area contributed by atoms with Crippen LogP contribution in [0.25, 0.3) is 5.76 Å². The first-order valence-corrected chi connectivity index (χ1v) is 5.45. The van der Waals surface area contributed by atoms with Crippen LogP contribution >= 0.6 is 0 Å². The van der Waals surface area contributed by atoms with Gasteiger partial charge in [-0.15, -0.1) is 0 Å². The number of benzene rings is 1. The summed E-state index contributed by atoms with van der Waals surface area (Å²) in [6, 6.07) is 3.43. The molecule has 0 aliphatic heterocycles. The molecule has 0 fully saturated rings. The van der Waals surface area contributed by atoms with Crippen LogP contribution < -0.4 is 4.74 Å². The van der Waals surface area contributed by atoms with Crippen molar-refractivity contribution in [1.82, 2.24) is 0 Å². The van der Waals surface area contributed by atoms with Crippen LogP contribution in [0.15, 0.2) is 24.3 Å². The van der Waals surface area contributed by atoms with E-state index in [1.54, 1.807) is 6.92 Å². The molecule has 0 aliphatic carbocycles. The second kappa shape index (κ2) is 6.53. The van der Waals surface area contributed by atoms with Crippen molar-refractivity contribution in [1.29, 1.82) is 0 Å². The minimum Gasteiger partial charge on any atom is -0.507 e. The molecule has 0 saturated heterocycles. The molecule has 0 aromatic heterocycles. The molecular formula is C13H13FO5. The van der Waals surface area contributed by atoms with Crippen LogP contribution in [0.4, 0.5) is 4.39 Å². The van der Waals surface area contributed by atoms with Crippen molar-refractivity contribution in [2.45, 2.75) is 6.92 Å². The van der Waals surface area contributed by atoms with Crippen LogP contribution in [0, 0.1) is 5.82 Å². The zero-order chi connectivity index (χ0) is 14.4. The molecule has 0 bridgehead atoms. The number of hydrogen-bond acceptors (Lipinski definition) is 5. The van der Waals surface area contributed by atoms with Gasteiger partial charge in [-0.1, -0.05) is 0 Å². The number of aliphatic hydroxyl groups is 1. The zero-order valence-corrected chi connectivity index (χ0v) is 10.5. The van der Waals surface area contributed by atoms with Crippen LogP contribution in [-0.2, 0) is 14.3 Å². The van der Waals surface area contributed by atoms with E-state index in [1.165, 1.54) is 13.2 Å². The minimum absolute atomic E-state index is 0.0276. The second-order valence-electron chi connectivity index (χ2n) is 3.46. The van der Waals surface area contributed by atoms with Gasteiger partial charge in [0.15, 0.2) is 0 Å². The summed E-state index contributed by atoms with van der Waals surface area (Å²) in [6.45, 7) is 1.59. The normalized spacial score (nSPS) is 11.0. The smallest absolute Gasteiger partial charge is 0.379 e. The summed E-state index contributed by atoms with van der Waals surface area (Å²) < 4.78 is 22.5. The summed E-state index contributed by atoms with van der Waals surface area (Å²) in [4.78, 5) is 22.5. The molecule has 0 amide bonds. The highest BCUT2D eigenvalue weighted by atomic mass is 19.1. The van der Waals surface area contributed by atoms with Crippen LogP contribution in [0.1, 0.15) is 12.5 Å². The molecule has 102 valence electrons. The van der Waals surface area contributed by atoms with Crippen molar-refractivity contribution in [3.05, 3.63) is 35.7 Å². The zero-order valence-electron chi connectivity index (χ0n) is 10.5. The van der Waals surface area contributed by atoms with E-state index in [2.05, 4.69) is 4.74 Å². The standard InChI is InChI=1S/C13H13FO5/c1-3-19-13(17)11(16)7-10(15)9-6-8(14)4-5-12(9)18-2/h4-7,15H,3H2,1-2H3. The molecule has 0 aliphatic rings. The first-order valence-electron chi connectivity index (χ1n) is 5.45. The lowest BCUT2D eigenvalue weighted by atomic mass is 10.1. The summed E-state index contributed by atoms with van der Waals surface area (Å²) in [7, 11) is 1.33. The third kappa shape index (κ3) is 3.80. The van der Waals surface area contributed by atoms with Gasteiger partial charge in [0.25, 0.3) is 5.78 Å². The number of carbonyl (C=O) groups excluding carboxylic acids is 2. The number of ketones is 1. The molecule has 1 aromatic rings. The van der Waals surface area contributed by atoms with Gasteiger partial charge in [-0.2, -0.15) is 0 Å². The van der Waals surface area contributed by atoms with Gasteiger partial charge in [-0.25, -0.2) is 9.18 Å². The third-order valence-electron chi connectivity index (χ3n) is 2.18. The van der Waals surface area contributed by atoms with Crippen LogP contribution in [0.5, 0.6) is 5.75 Å². The van der Waals surface area contributed by atoms with E-state index < -0.39 is 23.3 Å². The fraction of sp³-hybridized carbons (Fsp3) is 0.231. The van der Waals surface area contributed by atoms with Gasteiger partial charge in [-0.05, 0) is 25.1 Å². The molecule has 0 heterocycles. The maximum atomic E-state index is 13.1. The molecule has 0 radical (unpaired) electrons. The summed E-state index contributed by atoms with van der Waals surface area (Å²) >= 11 is 0. The SMILES string of the molecule is CCOC(=O)C(=O)C=C(O)c1cc(F)ccc1OC. The van der Waals surface area contributed by atoms with E-state index >= 15 is 0 Å². The Hall–Kier alpha value is -2.37. The fourth-order valence-corrected chi connectivity index (χ4v) is 1.34. The van der Waals surface area contributed by atoms with Crippen LogP contribution in [-0.4, -0.2) is 30.6 Å². The Morgan fingerprint density at radius 2 is 2.11 bits per heavy atom. The van der Waals surface area contributed by atoms with Gasteiger partial charge < -0.3 is 14.6 Å². The molecule has 0 saturated carbocycles. The predicted octanol–water partition coefficient (Wildman–Crippen LogP) is 1.87. The van der Waals surface area contributed by atoms with Crippen molar-refractivity contribution in [2.75, 3.05) is 13.7 Å². The summed E-state index contributed by atoms with van der Waals surface area (Å²) in [6.07, 6.45) is 0.662. The Balaban J connectivity index is 3.05. The Kier molecular flexibility index (Phi) is 5.05. The lowest BCUT2D eigenvalue weighted by Crippen LogP contribution is -2.15. The number of halogens is 1. The van der Waals surface area contributed by atoms with E-state index in [-0.39, 0.29) is 17.9 Å². The first kappa shape index (κ1) is 14.7.